The van der Waals surface area contributed by atoms with Gasteiger partial charge < -0.3 is 43.9 Å². The van der Waals surface area contributed by atoms with Crippen molar-refractivity contribution in [2.75, 3.05) is 36.9 Å². The van der Waals surface area contributed by atoms with Crippen LogP contribution in [0, 0.1) is 12.3 Å². The summed E-state index contributed by atoms with van der Waals surface area (Å²) in [5, 5.41) is 9.81. The zero-order valence-corrected chi connectivity index (χ0v) is 33.3. The summed E-state index contributed by atoms with van der Waals surface area (Å²) < 4.78 is 27.4. The van der Waals surface area contributed by atoms with Crippen LogP contribution in [0.25, 0.3) is 0 Å². The van der Waals surface area contributed by atoms with Gasteiger partial charge in [-0.2, -0.15) is 15.0 Å². The zero-order chi connectivity index (χ0) is 40.5. The van der Waals surface area contributed by atoms with E-state index in [0.29, 0.717) is 40.9 Å². The molecule has 3 aromatic carbocycles. The number of benzene rings is 3. The number of nitrogens with one attached hydrogen (secondary N) is 3. The number of hydrogen-bond acceptors (Lipinski definition) is 13. The van der Waals surface area contributed by atoms with E-state index in [0.717, 1.165) is 11.1 Å². The second kappa shape index (κ2) is 18.2. The average Bonchev–Trinajstić information content (AvgIpc) is 3.52. The van der Waals surface area contributed by atoms with Gasteiger partial charge in [-0.05, 0) is 77.8 Å². The van der Waals surface area contributed by atoms with Crippen molar-refractivity contribution < 1.29 is 32.6 Å². The molecule has 0 saturated carbocycles. The molecule has 15 nitrogen and oxygen atoms in total. The fourth-order valence-electron chi connectivity index (χ4n) is 5.88. The third-order valence-corrected chi connectivity index (χ3v) is 9.37. The predicted octanol–water partition coefficient (Wildman–Crippen LogP) is 7.62. The highest BCUT2D eigenvalue weighted by molar-refractivity contribution is 6.32. The molecule has 5 aromatic rings. The Labute approximate surface area is 335 Å². The number of nitrogens with zero attached hydrogens (tertiary/aromatic N) is 4. The summed E-state index contributed by atoms with van der Waals surface area (Å²) in [4.78, 5) is 53.2. The highest BCUT2D eigenvalue weighted by Gasteiger charge is 2.27. The molecule has 6 heterocycles. The molecule has 0 aliphatic carbocycles. The maximum absolute atomic E-state index is 13.4. The van der Waals surface area contributed by atoms with Gasteiger partial charge in [-0.25, -0.2) is 9.59 Å². The van der Waals surface area contributed by atoms with Crippen LogP contribution in [0.3, 0.4) is 0 Å². The number of anilines is 3. The Morgan fingerprint density at radius 3 is 2.40 bits per heavy atom. The normalized spacial score (nSPS) is 14.9. The van der Waals surface area contributed by atoms with Crippen LogP contribution in [0.4, 0.5) is 22.4 Å². The van der Waals surface area contributed by atoms with Gasteiger partial charge in [-0.1, -0.05) is 69.6 Å². The third kappa shape index (κ3) is 11.5. The molecule has 0 unspecified atom stereocenters. The highest BCUT2D eigenvalue weighted by atomic mass is 35.5. The Hall–Kier alpha value is -6.09. The van der Waals surface area contributed by atoms with Crippen LogP contribution < -0.4 is 31.2 Å². The van der Waals surface area contributed by atoms with Crippen molar-refractivity contribution in [3.63, 3.8) is 0 Å². The summed E-state index contributed by atoms with van der Waals surface area (Å²) in [6, 6.07) is 20.7. The fraction of sp³-hybridized carbons (Fsp3) is 0.366. The van der Waals surface area contributed by atoms with Crippen molar-refractivity contribution in [1.29, 1.82) is 0 Å². The first-order valence-corrected chi connectivity index (χ1v) is 19.0. The minimum absolute atomic E-state index is 0.123. The third-order valence-electron chi connectivity index (χ3n) is 9.08. The Balaban J connectivity index is 1.20. The average molecular weight is 800 g/mol. The van der Waals surface area contributed by atoms with E-state index < -0.39 is 17.3 Å². The first-order valence-electron chi connectivity index (χ1n) is 18.6. The standard InChI is InChI=1S/C41H46ClN7O8/c1-25(2)29-10-7-27(8-11-29)21-54-38-47-36-43-20-28-9-16-33(32(42)19-28)53-18-6-17-49(39(51)55-22-34-26(3)56-40(52)57-34)24-41(4,5)23-44-35(50)30-12-14-31(15-13-30)45-37(46-36)48-38/h7-16,19,25H,6,17-18,20-24H2,1-5H3,(H,44,50)(H2,43,45,46,47,48). The number of aryl methyl sites for hydroxylation is 1. The highest BCUT2D eigenvalue weighted by Crippen LogP contribution is 2.27. The van der Waals surface area contributed by atoms with Crippen molar-refractivity contribution in [3.8, 4) is 11.8 Å². The molecule has 4 aliphatic rings. The number of carbonyl (C=O) groups excluding carboxylic acids is 2. The van der Waals surface area contributed by atoms with E-state index in [9.17, 15) is 14.4 Å². The predicted molar refractivity (Wildman–Crippen MR) is 213 cm³/mol. The van der Waals surface area contributed by atoms with Crippen molar-refractivity contribution in [2.24, 2.45) is 5.41 Å². The van der Waals surface area contributed by atoms with Crippen LogP contribution in [0.5, 0.6) is 11.8 Å². The van der Waals surface area contributed by atoms with Crippen LogP contribution in [0.15, 0.2) is 80.4 Å². The van der Waals surface area contributed by atoms with Crippen molar-refractivity contribution in [1.82, 2.24) is 25.2 Å². The van der Waals surface area contributed by atoms with Gasteiger partial charge in [0.05, 0.1) is 11.6 Å². The van der Waals surface area contributed by atoms with Gasteiger partial charge in [0.1, 0.15) is 12.4 Å². The van der Waals surface area contributed by atoms with Crippen LogP contribution >= 0.6 is 11.6 Å². The summed E-state index contributed by atoms with van der Waals surface area (Å²) in [6.07, 6.45) is -0.192. The molecule has 0 saturated heterocycles. The molecule has 0 atom stereocenters. The van der Waals surface area contributed by atoms with Crippen molar-refractivity contribution in [3.05, 3.63) is 116 Å². The van der Waals surface area contributed by atoms with Crippen LogP contribution in [0.1, 0.15) is 78.6 Å². The van der Waals surface area contributed by atoms with Gasteiger partial charge in [0.15, 0.2) is 18.1 Å². The van der Waals surface area contributed by atoms with Crippen LogP contribution in [-0.4, -0.2) is 58.1 Å². The van der Waals surface area contributed by atoms with E-state index in [2.05, 4.69) is 56.9 Å². The topological polar surface area (TPSA) is 183 Å². The number of halogens is 1. The summed E-state index contributed by atoms with van der Waals surface area (Å²) in [5.74, 6) is 0.599. The number of aromatic nitrogens is 3. The largest absolute Gasteiger partial charge is 0.519 e. The van der Waals surface area contributed by atoms with Gasteiger partial charge in [-0.3, -0.25) is 4.79 Å². The van der Waals surface area contributed by atoms with E-state index in [1.54, 1.807) is 43.3 Å². The zero-order valence-electron chi connectivity index (χ0n) is 32.5. The second-order valence-corrected chi connectivity index (χ2v) is 15.1. The second-order valence-electron chi connectivity index (χ2n) is 14.7. The Kier molecular flexibility index (Phi) is 13.0. The van der Waals surface area contributed by atoms with E-state index in [4.69, 9.17) is 34.6 Å². The number of carbonyl (C=O) groups is 2. The quantitative estimate of drug-likeness (QED) is 0.153. The number of ether oxygens (including phenoxy) is 3. The van der Waals surface area contributed by atoms with Crippen LogP contribution in [-0.2, 0) is 24.5 Å². The lowest BCUT2D eigenvalue weighted by molar-refractivity contribution is 0.0719. The maximum atomic E-state index is 13.4. The minimum atomic E-state index is -0.874. The molecule has 3 N–H and O–H groups in total. The molecule has 4 aliphatic heterocycles. The number of hydrogen-bond donors (Lipinski definition) is 3. The summed E-state index contributed by atoms with van der Waals surface area (Å²) >= 11 is 6.64. The van der Waals surface area contributed by atoms with E-state index in [1.807, 2.05) is 32.0 Å². The molecule has 300 valence electrons. The Bertz CT molecular complexity index is 2220. The van der Waals surface area contributed by atoms with Gasteiger partial charge in [0.2, 0.25) is 11.9 Å². The van der Waals surface area contributed by atoms with E-state index in [-0.39, 0.29) is 74.8 Å². The minimum Gasteiger partial charge on any atom is -0.492 e. The molecule has 0 spiro atoms. The van der Waals surface area contributed by atoms with Crippen molar-refractivity contribution in [2.45, 2.75) is 66.7 Å². The molecule has 0 radical (unpaired) electrons. The van der Waals surface area contributed by atoms with Crippen molar-refractivity contribution >= 4 is 41.2 Å². The summed E-state index contributed by atoms with van der Waals surface area (Å²) in [6.45, 7) is 11.0. The van der Waals surface area contributed by atoms with Gasteiger partial charge in [0, 0.05) is 37.4 Å². The molecular formula is C41H46ClN7O8. The molecule has 6 bridgehead atoms. The van der Waals surface area contributed by atoms with Crippen LogP contribution in [0.2, 0.25) is 5.02 Å². The summed E-state index contributed by atoms with van der Waals surface area (Å²) in [5.41, 5.74) is 3.54. The van der Waals surface area contributed by atoms with Gasteiger partial charge >= 0.3 is 17.9 Å². The SMILES string of the molecule is Cc1oc(=O)oc1COC(=O)N1CCCOc2ccc(cc2Cl)CNc2nc(nc(OCc3ccc(C(C)C)cc3)n2)Nc2ccc(cc2)C(=O)NCC(C)(C)C1. The maximum Gasteiger partial charge on any atom is 0.519 e. The monoisotopic (exact) mass is 799 g/mol. The van der Waals surface area contributed by atoms with E-state index >= 15 is 0 Å². The molecule has 2 aromatic heterocycles. The first-order chi connectivity index (χ1) is 27.3. The Morgan fingerprint density at radius 2 is 1.70 bits per heavy atom. The number of rotatable bonds is 6. The summed E-state index contributed by atoms with van der Waals surface area (Å²) in [7, 11) is 0. The van der Waals surface area contributed by atoms with Gasteiger partial charge in [-0.15, -0.1) is 0 Å². The Morgan fingerprint density at radius 1 is 0.947 bits per heavy atom. The lowest BCUT2D eigenvalue weighted by Crippen LogP contribution is -2.45. The smallest absolute Gasteiger partial charge is 0.492 e. The lowest BCUT2D eigenvalue weighted by atomic mass is 9.92. The molecule has 0 fully saturated rings. The lowest BCUT2D eigenvalue weighted by Gasteiger charge is -2.32. The number of amides is 2. The molecule has 2 amide bonds. The van der Waals surface area contributed by atoms with Gasteiger partial charge in [0.25, 0.3) is 5.91 Å². The van der Waals surface area contributed by atoms with E-state index in [1.165, 1.54) is 10.5 Å². The molecular weight excluding hydrogens is 754 g/mol. The first kappa shape index (κ1) is 40.6. The fourth-order valence-corrected chi connectivity index (χ4v) is 6.14. The molecule has 16 heteroatoms. The molecule has 9 rings (SSSR count). The molecule has 57 heavy (non-hydrogen) atoms.